The Hall–Kier alpha value is -0.610. The Kier molecular flexibility index (Phi) is 4.55. The van der Waals surface area contributed by atoms with E-state index in [1.165, 1.54) is 0 Å². The number of carbonyl (C=O) groups excluding carboxylic acids is 1. The van der Waals surface area contributed by atoms with Crippen molar-refractivity contribution < 1.29 is 14.3 Å². The van der Waals surface area contributed by atoms with Crippen molar-refractivity contribution in [2.24, 2.45) is 5.92 Å². The molecule has 114 valence electrons. The van der Waals surface area contributed by atoms with Gasteiger partial charge in [0.2, 0.25) is 0 Å². The maximum absolute atomic E-state index is 12.5. The molecule has 2 unspecified atom stereocenters. The van der Waals surface area contributed by atoms with Crippen LogP contribution in [0.2, 0.25) is 10.0 Å². The Balaban J connectivity index is 1.65. The van der Waals surface area contributed by atoms with Crippen LogP contribution < -0.4 is 0 Å². The highest BCUT2D eigenvalue weighted by Crippen LogP contribution is 2.36. The molecule has 1 spiro atoms. The van der Waals surface area contributed by atoms with Gasteiger partial charge in [-0.05, 0) is 30.5 Å². The summed E-state index contributed by atoms with van der Waals surface area (Å²) in [6.45, 7) is 1.98. The Morgan fingerprint density at radius 1 is 1.29 bits per heavy atom. The molecule has 2 heterocycles. The normalized spacial score (nSPS) is 29.0. The van der Waals surface area contributed by atoms with Gasteiger partial charge in [-0.3, -0.25) is 4.79 Å². The van der Waals surface area contributed by atoms with Crippen LogP contribution in [-0.2, 0) is 20.7 Å². The lowest BCUT2D eigenvalue weighted by Gasteiger charge is -2.36. The number of hydrogen-bond acceptors (Lipinski definition) is 3. The topological polar surface area (TPSA) is 35.5 Å². The third-order valence-electron chi connectivity index (χ3n) is 4.38. The van der Waals surface area contributed by atoms with Crippen LogP contribution in [0.5, 0.6) is 0 Å². The molecule has 2 saturated heterocycles. The van der Waals surface area contributed by atoms with Gasteiger partial charge in [0, 0.05) is 32.0 Å². The summed E-state index contributed by atoms with van der Waals surface area (Å²) in [5.74, 6) is 0.304. The van der Waals surface area contributed by atoms with Crippen molar-refractivity contribution in [1.82, 2.24) is 0 Å². The second-order valence-electron chi connectivity index (χ2n) is 5.92. The Labute approximate surface area is 134 Å². The molecule has 0 bridgehead atoms. The van der Waals surface area contributed by atoms with E-state index in [9.17, 15) is 4.79 Å². The van der Waals surface area contributed by atoms with E-state index < -0.39 is 0 Å². The zero-order valence-electron chi connectivity index (χ0n) is 11.7. The molecule has 3 rings (SSSR count). The molecule has 0 N–H and O–H groups in total. The highest BCUT2D eigenvalue weighted by Gasteiger charge is 2.42. The van der Waals surface area contributed by atoms with Gasteiger partial charge in [-0.1, -0.05) is 29.3 Å². The first kappa shape index (κ1) is 15.3. The molecule has 1 aromatic rings. The van der Waals surface area contributed by atoms with Crippen molar-refractivity contribution in [2.75, 3.05) is 19.8 Å². The summed E-state index contributed by atoms with van der Waals surface area (Å²) in [4.78, 5) is 12.5. The van der Waals surface area contributed by atoms with Crippen molar-refractivity contribution in [1.29, 1.82) is 0 Å². The van der Waals surface area contributed by atoms with E-state index in [1.54, 1.807) is 12.1 Å². The molecule has 2 atom stereocenters. The van der Waals surface area contributed by atoms with Crippen LogP contribution in [0.15, 0.2) is 18.2 Å². The molecular formula is C16H18Cl2O3. The van der Waals surface area contributed by atoms with E-state index in [4.69, 9.17) is 32.7 Å². The van der Waals surface area contributed by atoms with E-state index in [1.807, 2.05) is 6.07 Å². The number of benzene rings is 1. The number of rotatable bonds is 3. The first-order valence-corrected chi connectivity index (χ1v) is 8.02. The first-order chi connectivity index (χ1) is 10.1. The SMILES string of the molecule is O=C(Cc1ccc(Cl)c(Cl)c1)C1CCOC2(CCOC2)C1. The predicted octanol–water partition coefficient (Wildman–Crippen LogP) is 3.69. The Bertz CT molecular complexity index is 538. The molecule has 0 saturated carbocycles. The van der Waals surface area contributed by atoms with Crippen LogP contribution in [0.25, 0.3) is 0 Å². The van der Waals surface area contributed by atoms with E-state index in [0.29, 0.717) is 29.7 Å². The summed E-state index contributed by atoms with van der Waals surface area (Å²) in [6, 6.07) is 5.37. The fraction of sp³-hybridized carbons (Fsp3) is 0.562. The fourth-order valence-corrected chi connectivity index (χ4v) is 3.48. The van der Waals surface area contributed by atoms with Crippen LogP contribution in [0, 0.1) is 5.92 Å². The van der Waals surface area contributed by atoms with Crippen molar-refractivity contribution >= 4 is 29.0 Å². The van der Waals surface area contributed by atoms with E-state index in [-0.39, 0.29) is 17.3 Å². The summed E-state index contributed by atoms with van der Waals surface area (Å²) >= 11 is 11.9. The summed E-state index contributed by atoms with van der Waals surface area (Å²) < 4.78 is 11.3. The lowest BCUT2D eigenvalue weighted by atomic mass is 9.81. The average Bonchev–Trinajstić information content (AvgIpc) is 2.91. The van der Waals surface area contributed by atoms with E-state index in [2.05, 4.69) is 0 Å². The molecule has 2 fully saturated rings. The van der Waals surface area contributed by atoms with Gasteiger partial charge in [-0.15, -0.1) is 0 Å². The Morgan fingerprint density at radius 3 is 2.86 bits per heavy atom. The summed E-state index contributed by atoms with van der Waals surface area (Å²) in [5.41, 5.74) is 0.688. The zero-order chi connectivity index (χ0) is 14.9. The van der Waals surface area contributed by atoms with Gasteiger partial charge in [-0.25, -0.2) is 0 Å². The van der Waals surface area contributed by atoms with E-state index >= 15 is 0 Å². The standard InChI is InChI=1S/C16H18Cl2O3/c17-13-2-1-11(7-14(13)18)8-15(19)12-3-5-21-16(9-12)4-6-20-10-16/h1-2,7,12H,3-6,8-10H2. The number of halogens is 2. The molecule has 2 aliphatic heterocycles. The molecule has 5 heteroatoms. The molecular weight excluding hydrogens is 311 g/mol. The van der Waals surface area contributed by atoms with Crippen molar-refractivity contribution in [3.8, 4) is 0 Å². The lowest BCUT2D eigenvalue weighted by Crippen LogP contribution is -2.42. The quantitative estimate of drug-likeness (QED) is 0.848. The molecule has 0 aliphatic carbocycles. The molecule has 0 aromatic heterocycles. The van der Waals surface area contributed by atoms with Crippen molar-refractivity contribution in [2.45, 2.75) is 31.3 Å². The molecule has 3 nitrogen and oxygen atoms in total. The summed E-state index contributed by atoms with van der Waals surface area (Å²) in [5, 5.41) is 1.01. The number of hydrogen-bond donors (Lipinski definition) is 0. The third-order valence-corrected chi connectivity index (χ3v) is 5.12. The van der Waals surface area contributed by atoms with Crippen LogP contribution in [0.4, 0.5) is 0 Å². The minimum absolute atomic E-state index is 0.0508. The maximum atomic E-state index is 12.5. The summed E-state index contributed by atoms with van der Waals surface area (Å²) in [7, 11) is 0. The van der Waals surface area contributed by atoms with Gasteiger partial charge in [-0.2, -0.15) is 0 Å². The highest BCUT2D eigenvalue weighted by molar-refractivity contribution is 6.42. The molecule has 1 aromatic carbocycles. The van der Waals surface area contributed by atoms with Crippen LogP contribution in [0.3, 0.4) is 0 Å². The minimum Gasteiger partial charge on any atom is -0.378 e. The van der Waals surface area contributed by atoms with Gasteiger partial charge < -0.3 is 9.47 Å². The fourth-order valence-electron chi connectivity index (χ4n) is 3.16. The summed E-state index contributed by atoms with van der Waals surface area (Å²) in [6.07, 6.45) is 2.86. The van der Waals surface area contributed by atoms with Crippen LogP contribution in [0.1, 0.15) is 24.8 Å². The highest BCUT2D eigenvalue weighted by atomic mass is 35.5. The molecule has 2 aliphatic rings. The second-order valence-corrected chi connectivity index (χ2v) is 6.73. The largest absolute Gasteiger partial charge is 0.378 e. The number of Topliss-reactive ketones (excluding diaryl/α,β-unsaturated/α-hetero) is 1. The second kappa shape index (κ2) is 6.25. The molecule has 0 amide bonds. The average molecular weight is 329 g/mol. The van der Waals surface area contributed by atoms with Gasteiger partial charge >= 0.3 is 0 Å². The van der Waals surface area contributed by atoms with Crippen molar-refractivity contribution in [3.63, 3.8) is 0 Å². The smallest absolute Gasteiger partial charge is 0.140 e. The van der Waals surface area contributed by atoms with E-state index in [0.717, 1.165) is 31.4 Å². The van der Waals surface area contributed by atoms with Gasteiger partial charge in [0.1, 0.15) is 5.78 Å². The molecule has 21 heavy (non-hydrogen) atoms. The monoisotopic (exact) mass is 328 g/mol. The number of ketones is 1. The van der Waals surface area contributed by atoms with Gasteiger partial charge in [0.25, 0.3) is 0 Å². The third kappa shape index (κ3) is 3.42. The minimum atomic E-state index is -0.226. The van der Waals surface area contributed by atoms with Gasteiger partial charge in [0.15, 0.2) is 0 Å². The molecule has 0 radical (unpaired) electrons. The first-order valence-electron chi connectivity index (χ1n) is 7.26. The number of carbonyl (C=O) groups is 1. The van der Waals surface area contributed by atoms with Gasteiger partial charge in [0.05, 0.1) is 22.3 Å². The van der Waals surface area contributed by atoms with Crippen LogP contribution in [-0.4, -0.2) is 31.2 Å². The lowest BCUT2D eigenvalue weighted by molar-refractivity contribution is -0.136. The van der Waals surface area contributed by atoms with Crippen molar-refractivity contribution in [3.05, 3.63) is 33.8 Å². The number of ether oxygens (including phenoxy) is 2. The van der Waals surface area contributed by atoms with Crippen LogP contribution >= 0.6 is 23.2 Å². The zero-order valence-corrected chi connectivity index (χ0v) is 13.3. The predicted molar refractivity (Wildman–Crippen MR) is 82.0 cm³/mol. The Morgan fingerprint density at radius 2 is 2.14 bits per heavy atom. The maximum Gasteiger partial charge on any atom is 0.140 e.